The van der Waals surface area contributed by atoms with E-state index in [2.05, 4.69) is 0 Å². The summed E-state index contributed by atoms with van der Waals surface area (Å²) >= 11 is 0. The van der Waals surface area contributed by atoms with Crippen LogP contribution < -0.4 is 4.90 Å². The quantitative estimate of drug-likeness (QED) is 0.477. The summed E-state index contributed by atoms with van der Waals surface area (Å²) in [6, 6.07) is 15.1. The number of rotatable bonds is 8. The van der Waals surface area contributed by atoms with Gasteiger partial charge < -0.3 is 14.4 Å². The van der Waals surface area contributed by atoms with E-state index in [4.69, 9.17) is 9.47 Å². The monoisotopic (exact) mass is 423 g/mol. The Morgan fingerprint density at radius 3 is 2.35 bits per heavy atom. The van der Waals surface area contributed by atoms with Crippen molar-refractivity contribution in [3.05, 3.63) is 65.7 Å². The maximum atomic E-state index is 12.5. The van der Waals surface area contributed by atoms with Gasteiger partial charge in [0.1, 0.15) is 0 Å². The van der Waals surface area contributed by atoms with E-state index in [0.717, 1.165) is 6.42 Å². The SMILES string of the molecule is CCCOC(=O)c1ccc(N2C[C@H](C(=O)O[C@@H](C)C(=O)c3ccccc3)CC2=O)cc1. The fraction of sp³-hybridized carbons (Fsp3) is 0.333. The van der Waals surface area contributed by atoms with Gasteiger partial charge in [0.15, 0.2) is 6.10 Å². The van der Waals surface area contributed by atoms with Crippen LogP contribution in [0.15, 0.2) is 54.6 Å². The molecule has 0 saturated carbocycles. The van der Waals surface area contributed by atoms with Gasteiger partial charge in [-0.25, -0.2) is 4.79 Å². The van der Waals surface area contributed by atoms with Gasteiger partial charge >= 0.3 is 11.9 Å². The molecule has 1 aliphatic heterocycles. The lowest BCUT2D eigenvalue weighted by Gasteiger charge is -2.18. The number of Topliss-reactive ketones (excluding diaryl/α,β-unsaturated/α-hetero) is 1. The summed E-state index contributed by atoms with van der Waals surface area (Å²) < 4.78 is 10.4. The molecule has 31 heavy (non-hydrogen) atoms. The average Bonchev–Trinajstić information content (AvgIpc) is 3.19. The molecule has 1 amide bonds. The summed E-state index contributed by atoms with van der Waals surface area (Å²) in [5.41, 5.74) is 1.44. The number of hydrogen-bond acceptors (Lipinski definition) is 6. The first-order chi connectivity index (χ1) is 14.9. The molecule has 0 aliphatic carbocycles. The van der Waals surface area contributed by atoms with Gasteiger partial charge in [-0.15, -0.1) is 0 Å². The van der Waals surface area contributed by atoms with Crippen LogP contribution in [-0.4, -0.2) is 42.9 Å². The zero-order valence-electron chi connectivity index (χ0n) is 17.6. The van der Waals surface area contributed by atoms with Gasteiger partial charge in [0, 0.05) is 24.2 Å². The molecule has 2 aromatic rings. The van der Waals surface area contributed by atoms with Crippen LogP contribution >= 0.6 is 0 Å². The van der Waals surface area contributed by atoms with Crippen LogP contribution in [0.3, 0.4) is 0 Å². The number of ketones is 1. The molecule has 1 heterocycles. The third-order valence-corrected chi connectivity index (χ3v) is 5.03. The second kappa shape index (κ2) is 10.0. The topological polar surface area (TPSA) is 90.0 Å². The number of benzene rings is 2. The Hall–Kier alpha value is -3.48. The van der Waals surface area contributed by atoms with Gasteiger partial charge in [-0.2, -0.15) is 0 Å². The summed E-state index contributed by atoms with van der Waals surface area (Å²) in [5, 5.41) is 0. The smallest absolute Gasteiger partial charge is 0.338 e. The van der Waals surface area contributed by atoms with E-state index in [1.54, 1.807) is 54.6 Å². The third kappa shape index (κ3) is 5.36. The number of hydrogen-bond donors (Lipinski definition) is 0. The summed E-state index contributed by atoms with van der Waals surface area (Å²) in [5.74, 6) is -2.16. The Balaban J connectivity index is 1.60. The van der Waals surface area contributed by atoms with Crippen molar-refractivity contribution in [3.8, 4) is 0 Å². The minimum Gasteiger partial charge on any atom is -0.462 e. The number of carbonyl (C=O) groups is 4. The molecular weight excluding hydrogens is 398 g/mol. The largest absolute Gasteiger partial charge is 0.462 e. The van der Waals surface area contributed by atoms with E-state index in [1.165, 1.54) is 11.8 Å². The van der Waals surface area contributed by atoms with Crippen molar-refractivity contribution in [2.75, 3.05) is 18.1 Å². The van der Waals surface area contributed by atoms with Crippen LogP contribution in [0.25, 0.3) is 0 Å². The molecule has 1 aliphatic rings. The Labute approximate surface area is 180 Å². The molecule has 1 saturated heterocycles. The molecule has 2 atom stereocenters. The average molecular weight is 423 g/mol. The zero-order valence-corrected chi connectivity index (χ0v) is 17.6. The number of ether oxygens (including phenoxy) is 2. The molecule has 162 valence electrons. The molecule has 0 bridgehead atoms. The number of amides is 1. The van der Waals surface area contributed by atoms with Crippen LogP contribution in [0.2, 0.25) is 0 Å². The second-order valence-electron chi connectivity index (χ2n) is 7.40. The highest BCUT2D eigenvalue weighted by Gasteiger charge is 2.37. The van der Waals surface area contributed by atoms with E-state index in [1.807, 2.05) is 6.92 Å². The highest BCUT2D eigenvalue weighted by atomic mass is 16.5. The van der Waals surface area contributed by atoms with Gasteiger partial charge in [-0.1, -0.05) is 37.3 Å². The van der Waals surface area contributed by atoms with Crippen molar-refractivity contribution in [2.45, 2.75) is 32.8 Å². The molecule has 3 rings (SSSR count). The molecular formula is C24H25NO6. The molecule has 0 spiro atoms. The first-order valence-electron chi connectivity index (χ1n) is 10.3. The normalized spacial score (nSPS) is 16.6. The lowest BCUT2D eigenvalue weighted by Crippen LogP contribution is -2.30. The minimum absolute atomic E-state index is 0.00533. The van der Waals surface area contributed by atoms with Gasteiger partial charge in [-0.05, 0) is 37.6 Å². The molecule has 2 aromatic carbocycles. The van der Waals surface area contributed by atoms with Crippen LogP contribution in [0.1, 0.15) is 47.4 Å². The van der Waals surface area contributed by atoms with Crippen LogP contribution in [0, 0.1) is 5.92 Å². The van der Waals surface area contributed by atoms with E-state index in [0.29, 0.717) is 23.4 Å². The number of carbonyl (C=O) groups excluding carboxylic acids is 4. The standard InChI is InChI=1S/C24H25NO6/c1-3-13-30-23(28)18-9-11-20(12-10-18)25-15-19(14-21(25)26)24(29)31-16(2)22(27)17-7-5-4-6-8-17/h4-12,16,19H,3,13-15H2,1-2H3/t16-,19+/m0/s1. The van der Waals surface area contributed by atoms with Crippen LogP contribution in [0.5, 0.6) is 0 Å². The molecule has 7 heteroatoms. The predicted octanol–water partition coefficient (Wildman–Crippen LogP) is 3.42. The van der Waals surface area contributed by atoms with Crippen molar-refractivity contribution < 1.29 is 28.7 Å². The molecule has 0 N–H and O–H groups in total. The summed E-state index contributed by atoms with van der Waals surface area (Å²) in [4.78, 5) is 50.8. The van der Waals surface area contributed by atoms with E-state index < -0.39 is 24.0 Å². The first-order valence-corrected chi connectivity index (χ1v) is 10.3. The fourth-order valence-electron chi connectivity index (χ4n) is 3.33. The van der Waals surface area contributed by atoms with E-state index >= 15 is 0 Å². The summed E-state index contributed by atoms with van der Waals surface area (Å²) in [6.45, 7) is 3.94. The predicted molar refractivity (Wildman–Crippen MR) is 114 cm³/mol. The third-order valence-electron chi connectivity index (χ3n) is 5.03. The lowest BCUT2D eigenvalue weighted by molar-refractivity contribution is -0.151. The number of nitrogens with zero attached hydrogens (tertiary/aromatic N) is 1. The Kier molecular flexibility index (Phi) is 7.18. The highest BCUT2D eigenvalue weighted by molar-refractivity contribution is 6.02. The Morgan fingerprint density at radius 2 is 1.71 bits per heavy atom. The molecule has 0 radical (unpaired) electrons. The highest BCUT2D eigenvalue weighted by Crippen LogP contribution is 2.27. The minimum atomic E-state index is -0.938. The molecule has 0 unspecified atom stereocenters. The molecule has 7 nitrogen and oxygen atoms in total. The molecule has 0 aromatic heterocycles. The maximum Gasteiger partial charge on any atom is 0.338 e. The van der Waals surface area contributed by atoms with Crippen molar-refractivity contribution in [2.24, 2.45) is 5.92 Å². The number of esters is 2. The zero-order chi connectivity index (χ0) is 22.4. The maximum absolute atomic E-state index is 12.5. The lowest BCUT2D eigenvalue weighted by atomic mass is 10.1. The van der Waals surface area contributed by atoms with Crippen molar-refractivity contribution in [1.29, 1.82) is 0 Å². The van der Waals surface area contributed by atoms with Gasteiger partial charge in [-0.3, -0.25) is 14.4 Å². The molecule has 1 fully saturated rings. The first kappa shape index (κ1) is 22.2. The van der Waals surface area contributed by atoms with Crippen molar-refractivity contribution in [3.63, 3.8) is 0 Å². The van der Waals surface area contributed by atoms with Gasteiger partial charge in [0.05, 0.1) is 18.1 Å². The summed E-state index contributed by atoms with van der Waals surface area (Å²) in [6.07, 6.45) is -0.197. The van der Waals surface area contributed by atoms with Crippen molar-refractivity contribution >= 4 is 29.3 Å². The fourth-order valence-corrected chi connectivity index (χ4v) is 3.33. The van der Waals surface area contributed by atoms with Crippen LogP contribution in [-0.2, 0) is 19.1 Å². The Morgan fingerprint density at radius 1 is 1.03 bits per heavy atom. The van der Waals surface area contributed by atoms with Gasteiger partial charge in [0.25, 0.3) is 0 Å². The van der Waals surface area contributed by atoms with Gasteiger partial charge in [0.2, 0.25) is 11.7 Å². The van der Waals surface area contributed by atoms with Crippen molar-refractivity contribution in [1.82, 2.24) is 0 Å². The van der Waals surface area contributed by atoms with E-state index in [9.17, 15) is 19.2 Å². The second-order valence-corrected chi connectivity index (χ2v) is 7.40. The van der Waals surface area contributed by atoms with E-state index in [-0.39, 0.29) is 24.7 Å². The number of anilines is 1. The Bertz CT molecular complexity index is 954. The summed E-state index contributed by atoms with van der Waals surface area (Å²) in [7, 11) is 0. The van der Waals surface area contributed by atoms with Crippen LogP contribution in [0.4, 0.5) is 5.69 Å².